The molecule has 0 aliphatic carbocycles. The second kappa shape index (κ2) is 10.4. The number of para-hydroxylation sites is 2. The van der Waals surface area contributed by atoms with E-state index < -0.39 is 15.6 Å². The van der Waals surface area contributed by atoms with Gasteiger partial charge in [0.1, 0.15) is 5.75 Å². The van der Waals surface area contributed by atoms with E-state index in [4.69, 9.17) is 9.47 Å². The molecule has 0 amide bonds. The van der Waals surface area contributed by atoms with E-state index in [1.54, 1.807) is 19.2 Å². The van der Waals surface area contributed by atoms with E-state index in [2.05, 4.69) is 9.62 Å². The van der Waals surface area contributed by atoms with Gasteiger partial charge in [-0.3, -0.25) is 4.90 Å². The maximum atomic E-state index is 12.6. The Bertz CT molecular complexity index is 1280. The number of nitrogens with zero attached hydrogens (tertiary/aromatic N) is 1. The van der Waals surface area contributed by atoms with Crippen molar-refractivity contribution in [1.82, 2.24) is 9.62 Å². The van der Waals surface area contributed by atoms with Crippen LogP contribution in [-0.4, -0.2) is 45.7 Å². The van der Waals surface area contributed by atoms with Crippen molar-refractivity contribution in [1.29, 1.82) is 0 Å². The van der Waals surface area contributed by atoms with Crippen LogP contribution in [-0.2, 0) is 22.2 Å². The number of aryl methyl sites for hydroxylation is 1. The molecule has 1 aliphatic heterocycles. The van der Waals surface area contributed by atoms with E-state index >= 15 is 0 Å². The molecule has 0 unspecified atom stereocenters. The Morgan fingerprint density at radius 2 is 1.71 bits per heavy atom. The average molecular weight is 497 g/mol. The first-order valence-electron chi connectivity index (χ1n) is 11.6. The standard InChI is InChI=1S/C27H32N2O5S/c1-20-11-12-23(26(17-20)35(31,32)28-2)27(30)13-15-29(16-14-27)19-21-7-6-8-22(18-21)34-25-10-5-4-9-24(25)33-3/h4-12,17-18,28,30H,13-16,19H2,1-3H3. The summed E-state index contributed by atoms with van der Waals surface area (Å²) in [6.45, 7) is 3.83. The molecule has 3 aromatic carbocycles. The Kier molecular flexibility index (Phi) is 7.47. The van der Waals surface area contributed by atoms with Crippen LogP contribution in [0.4, 0.5) is 0 Å². The molecule has 0 radical (unpaired) electrons. The van der Waals surface area contributed by atoms with Crippen LogP contribution in [0, 0.1) is 6.92 Å². The number of benzene rings is 3. The number of methoxy groups -OCH3 is 1. The normalized spacial score (nSPS) is 16.1. The molecule has 0 atom stereocenters. The Morgan fingerprint density at radius 3 is 2.40 bits per heavy atom. The predicted octanol–water partition coefficient (Wildman–Crippen LogP) is 4.19. The second-order valence-electron chi connectivity index (χ2n) is 8.92. The Hall–Kier alpha value is -2.91. The van der Waals surface area contributed by atoms with Gasteiger partial charge in [0.05, 0.1) is 17.6 Å². The van der Waals surface area contributed by atoms with Gasteiger partial charge in [0.2, 0.25) is 10.0 Å². The lowest BCUT2D eigenvalue weighted by Crippen LogP contribution is -2.43. The highest BCUT2D eigenvalue weighted by Crippen LogP contribution is 2.37. The summed E-state index contributed by atoms with van der Waals surface area (Å²) in [5, 5.41) is 11.5. The predicted molar refractivity (Wildman–Crippen MR) is 135 cm³/mol. The Balaban J connectivity index is 1.45. The molecule has 1 heterocycles. The highest BCUT2D eigenvalue weighted by Gasteiger charge is 2.37. The zero-order valence-corrected chi connectivity index (χ0v) is 21.1. The zero-order chi connectivity index (χ0) is 25.1. The van der Waals surface area contributed by atoms with Gasteiger partial charge in [-0.05, 0) is 68.3 Å². The first-order chi connectivity index (χ1) is 16.7. The van der Waals surface area contributed by atoms with Crippen LogP contribution >= 0.6 is 0 Å². The molecule has 3 aromatic rings. The molecule has 2 N–H and O–H groups in total. The first-order valence-corrected chi connectivity index (χ1v) is 13.1. The minimum atomic E-state index is -3.68. The van der Waals surface area contributed by atoms with Crippen molar-refractivity contribution in [3.05, 3.63) is 83.4 Å². The van der Waals surface area contributed by atoms with Crippen LogP contribution in [0.5, 0.6) is 17.2 Å². The van der Waals surface area contributed by atoms with Gasteiger partial charge in [-0.15, -0.1) is 0 Å². The highest BCUT2D eigenvalue weighted by molar-refractivity contribution is 7.89. The largest absolute Gasteiger partial charge is 0.493 e. The molecule has 7 nitrogen and oxygen atoms in total. The number of piperidine rings is 1. The molecule has 0 saturated carbocycles. The Morgan fingerprint density at radius 1 is 1.00 bits per heavy atom. The molecule has 0 bridgehead atoms. The lowest BCUT2D eigenvalue weighted by Gasteiger charge is -2.39. The minimum absolute atomic E-state index is 0.150. The van der Waals surface area contributed by atoms with Crippen LogP contribution in [0.15, 0.2) is 71.6 Å². The molecule has 0 spiro atoms. The fourth-order valence-corrected chi connectivity index (χ4v) is 5.60. The van der Waals surface area contributed by atoms with Crippen molar-refractivity contribution in [2.45, 2.75) is 36.8 Å². The molecule has 1 aliphatic rings. The van der Waals surface area contributed by atoms with Crippen LogP contribution in [0.3, 0.4) is 0 Å². The molecule has 1 fully saturated rings. The molecule has 0 aromatic heterocycles. The summed E-state index contributed by atoms with van der Waals surface area (Å²) in [6.07, 6.45) is 0.888. The van der Waals surface area contributed by atoms with Crippen LogP contribution in [0.1, 0.15) is 29.5 Å². The lowest BCUT2D eigenvalue weighted by atomic mass is 9.84. The quantitative estimate of drug-likeness (QED) is 0.486. The fraction of sp³-hybridized carbons (Fsp3) is 0.333. The third kappa shape index (κ3) is 5.67. The summed E-state index contributed by atoms with van der Waals surface area (Å²) in [5.41, 5.74) is 1.19. The highest BCUT2D eigenvalue weighted by atomic mass is 32.2. The first kappa shape index (κ1) is 25.2. The van der Waals surface area contributed by atoms with Crippen LogP contribution in [0.25, 0.3) is 0 Å². The topological polar surface area (TPSA) is 88.1 Å². The summed E-state index contributed by atoms with van der Waals surface area (Å²) in [7, 11) is -0.679. The summed E-state index contributed by atoms with van der Waals surface area (Å²) in [4.78, 5) is 2.41. The molecule has 1 saturated heterocycles. The van der Waals surface area contributed by atoms with Gasteiger partial charge in [-0.1, -0.05) is 36.4 Å². The molecule has 186 valence electrons. The minimum Gasteiger partial charge on any atom is -0.493 e. The number of sulfonamides is 1. The molecular formula is C27H32N2O5S. The van der Waals surface area contributed by atoms with Crippen molar-refractivity contribution in [2.24, 2.45) is 0 Å². The van der Waals surface area contributed by atoms with Crippen molar-refractivity contribution < 1.29 is 23.0 Å². The van der Waals surface area contributed by atoms with E-state index in [1.165, 1.54) is 7.05 Å². The lowest BCUT2D eigenvalue weighted by molar-refractivity contribution is -0.0299. The second-order valence-corrected chi connectivity index (χ2v) is 10.8. The van der Waals surface area contributed by atoms with Gasteiger partial charge in [-0.2, -0.15) is 0 Å². The third-order valence-electron chi connectivity index (χ3n) is 6.48. The van der Waals surface area contributed by atoms with Crippen molar-refractivity contribution in [3.63, 3.8) is 0 Å². The van der Waals surface area contributed by atoms with Gasteiger partial charge in [0, 0.05) is 25.2 Å². The van der Waals surface area contributed by atoms with E-state index in [0.29, 0.717) is 49.5 Å². The summed E-state index contributed by atoms with van der Waals surface area (Å²) < 4.78 is 39.0. The monoisotopic (exact) mass is 496 g/mol. The maximum Gasteiger partial charge on any atom is 0.240 e. The molecular weight excluding hydrogens is 464 g/mol. The molecule has 35 heavy (non-hydrogen) atoms. The molecule has 8 heteroatoms. The number of hydrogen-bond acceptors (Lipinski definition) is 6. The van der Waals surface area contributed by atoms with Gasteiger partial charge in [0.25, 0.3) is 0 Å². The van der Waals surface area contributed by atoms with E-state index in [0.717, 1.165) is 16.9 Å². The Labute approximate surface area is 207 Å². The van der Waals surface area contributed by atoms with Gasteiger partial charge >= 0.3 is 0 Å². The van der Waals surface area contributed by atoms with Crippen molar-refractivity contribution in [3.8, 4) is 17.2 Å². The number of ether oxygens (including phenoxy) is 2. The number of aliphatic hydroxyl groups is 1. The van der Waals surface area contributed by atoms with Crippen LogP contribution < -0.4 is 14.2 Å². The van der Waals surface area contributed by atoms with Crippen molar-refractivity contribution >= 4 is 10.0 Å². The zero-order valence-electron chi connectivity index (χ0n) is 20.3. The van der Waals surface area contributed by atoms with E-state index in [9.17, 15) is 13.5 Å². The number of nitrogens with one attached hydrogen (secondary N) is 1. The van der Waals surface area contributed by atoms with Gasteiger partial charge < -0.3 is 14.6 Å². The van der Waals surface area contributed by atoms with E-state index in [-0.39, 0.29) is 4.90 Å². The van der Waals surface area contributed by atoms with Gasteiger partial charge in [-0.25, -0.2) is 13.1 Å². The summed E-state index contributed by atoms with van der Waals surface area (Å²) in [5.74, 6) is 2.05. The molecule has 4 rings (SSSR count). The number of hydrogen-bond donors (Lipinski definition) is 2. The summed E-state index contributed by atoms with van der Waals surface area (Å²) >= 11 is 0. The fourth-order valence-electron chi connectivity index (χ4n) is 4.49. The van der Waals surface area contributed by atoms with Crippen LogP contribution in [0.2, 0.25) is 0 Å². The maximum absolute atomic E-state index is 12.6. The summed E-state index contributed by atoms with van der Waals surface area (Å²) in [6, 6.07) is 20.7. The van der Waals surface area contributed by atoms with E-state index in [1.807, 2.05) is 61.5 Å². The van der Waals surface area contributed by atoms with Crippen molar-refractivity contribution in [2.75, 3.05) is 27.2 Å². The smallest absolute Gasteiger partial charge is 0.240 e. The number of likely N-dealkylation sites (tertiary alicyclic amines) is 1. The SMILES string of the molecule is CNS(=O)(=O)c1cc(C)ccc1C1(O)CCN(Cc2cccc(Oc3ccccc3OC)c2)CC1. The number of rotatable bonds is 8. The van der Waals surface area contributed by atoms with Gasteiger partial charge in [0.15, 0.2) is 11.5 Å². The third-order valence-corrected chi connectivity index (χ3v) is 7.94. The average Bonchev–Trinajstić information content (AvgIpc) is 2.86.